The molecule has 2 unspecified atom stereocenters. The van der Waals surface area contributed by atoms with Crippen LogP contribution in [0.3, 0.4) is 0 Å². The molecular formula is CCl3FN4OP2S2. The zero-order chi connectivity index (χ0) is 11.0. The van der Waals surface area contributed by atoms with E-state index in [2.05, 4.69) is 29.8 Å². The van der Waals surface area contributed by atoms with Gasteiger partial charge in [-0.1, -0.05) is 0 Å². The molecule has 0 aliphatic carbocycles. The highest BCUT2D eigenvalue weighted by atomic mass is 35.9. The lowest BCUT2D eigenvalue weighted by Crippen LogP contribution is -1.85. The van der Waals surface area contributed by atoms with Crippen molar-refractivity contribution in [1.82, 2.24) is 0 Å². The minimum absolute atomic E-state index is 1.86. The van der Waals surface area contributed by atoms with Crippen molar-refractivity contribution in [2.75, 3.05) is 0 Å². The van der Waals surface area contributed by atoms with E-state index < -0.39 is 22.9 Å². The number of rotatable bonds is 1. The molecule has 0 N–H and O–H groups in total. The molecule has 5 nitrogen and oxygen atoms in total. The molecule has 1 aliphatic rings. The molecule has 1 aliphatic heterocycles. The van der Waals surface area contributed by atoms with Crippen molar-refractivity contribution in [1.29, 1.82) is 0 Å². The highest BCUT2D eigenvalue weighted by Crippen LogP contribution is 2.76. The Bertz CT molecular complexity index is 537. The van der Waals surface area contributed by atoms with Crippen LogP contribution in [0.2, 0.25) is 0 Å². The summed E-state index contributed by atoms with van der Waals surface area (Å²) in [5.74, 6) is -3.42. The van der Waals surface area contributed by atoms with Gasteiger partial charge < -0.3 is 0 Å². The Labute approximate surface area is 99.3 Å². The van der Waals surface area contributed by atoms with Crippen molar-refractivity contribution >= 4 is 74.0 Å². The first kappa shape index (κ1) is 13.1. The van der Waals surface area contributed by atoms with E-state index in [-0.39, 0.29) is 0 Å². The van der Waals surface area contributed by atoms with E-state index in [1.165, 1.54) is 0 Å². The lowest BCUT2D eigenvalue weighted by atomic mass is 11.8. The molecule has 0 amide bonds. The molecule has 0 aromatic heterocycles. The number of thiocarbonyl (C=S) groups is 1. The van der Waals surface area contributed by atoms with Crippen LogP contribution < -0.4 is 0 Å². The Kier molecular flexibility index (Phi) is 3.84. The lowest BCUT2D eigenvalue weighted by molar-refractivity contribution is 0.642. The summed E-state index contributed by atoms with van der Waals surface area (Å²) in [6.45, 7) is -3.43. The van der Waals surface area contributed by atoms with Gasteiger partial charge in [-0.3, -0.25) is 0 Å². The molecule has 1 rings (SSSR count). The zero-order valence-corrected chi connectivity index (χ0v) is 11.6. The van der Waals surface area contributed by atoms with Gasteiger partial charge in [0.2, 0.25) is 0 Å². The minimum atomic E-state index is -4.39. The Balaban J connectivity index is 3.65. The average molecular weight is 335 g/mol. The summed E-state index contributed by atoms with van der Waals surface area (Å²) in [5, 5.41) is 1.86. The summed E-state index contributed by atoms with van der Waals surface area (Å²) in [6.07, 6.45) is 0. The number of hydrogen-bond acceptors (Lipinski definition) is 5. The SMILES string of the molecule is O=S1(F)=NP(Cl)(N=C=S)=NP(Cl)(Cl)=N1. The van der Waals surface area contributed by atoms with Gasteiger partial charge in [-0.15, -0.1) is 12.2 Å². The average Bonchev–Trinajstić information content (AvgIpc) is 1.75. The highest BCUT2D eigenvalue weighted by molar-refractivity contribution is 8.18. The summed E-state index contributed by atoms with van der Waals surface area (Å²) in [5.41, 5.74) is 0. The van der Waals surface area contributed by atoms with E-state index in [1.54, 1.807) is 0 Å². The van der Waals surface area contributed by atoms with E-state index >= 15 is 0 Å². The zero-order valence-electron chi connectivity index (χ0n) is 5.92. The molecule has 13 heteroatoms. The molecule has 0 fully saturated rings. The van der Waals surface area contributed by atoms with Gasteiger partial charge in [-0.25, -0.2) is 0 Å². The third-order valence-corrected chi connectivity index (χ3v) is 10.1. The molecule has 0 saturated carbocycles. The van der Waals surface area contributed by atoms with Crippen molar-refractivity contribution < 1.29 is 8.09 Å². The Hall–Kier alpha value is 1.01. The second kappa shape index (κ2) is 4.11. The Morgan fingerprint density at radius 3 is 2.50 bits per heavy atom. The molecule has 1 heterocycles. The standard InChI is InChI=1S/CCl3FN4OP2S2/c2-11(3)7-12(4,6-1-13)9-14(5,10)8-11. The maximum absolute atomic E-state index is 13.0. The second-order valence-corrected chi connectivity index (χ2v) is 11.7. The fourth-order valence-corrected chi connectivity index (χ4v) is 11.1. The van der Waals surface area contributed by atoms with Crippen molar-refractivity contribution in [3.8, 4) is 0 Å². The maximum Gasteiger partial charge on any atom is 0.322 e. The van der Waals surface area contributed by atoms with Crippen LogP contribution in [0.5, 0.6) is 0 Å². The summed E-state index contributed by atoms with van der Waals surface area (Å²) < 4.78 is 36.6. The molecule has 0 spiro atoms. The summed E-state index contributed by atoms with van der Waals surface area (Å²) >= 11 is 20.8. The van der Waals surface area contributed by atoms with E-state index in [4.69, 9.17) is 33.7 Å². The van der Waals surface area contributed by atoms with Crippen molar-refractivity contribution in [3.63, 3.8) is 0 Å². The van der Waals surface area contributed by atoms with Gasteiger partial charge >= 0.3 is 17.0 Å². The lowest BCUT2D eigenvalue weighted by Gasteiger charge is -2.12. The highest BCUT2D eigenvalue weighted by Gasteiger charge is 2.30. The van der Waals surface area contributed by atoms with Crippen molar-refractivity contribution in [3.05, 3.63) is 0 Å². The maximum atomic E-state index is 13.0. The molecule has 0 radical (unpaired) electrons. The predicted octanol–water partition coefficient (Wildman–Crippen LogP) is 4.98. The van der Waals surface area contributed by atoms with Gasteiger partial charge in [0.25, 0.3) is 5.91 Å². The quantitative estimate of drug-likeness (QED) is 0.293. The molecule has 0 bridgehead atoms. The summed E-state index contributed by atoms with van der Waals surface area (Å²) in [6, 6.07) is 0. The van der Waals surface area contributed by atoms with Crippen molar-refractivity contribution in [2.24, 2.45) is 17.6 Å². The third kappa shape index (κ3) is 3.54. The Morgan fingerprint density at radius 2 is 2.07 bits per heavy atom. The largest absolute Gasteiger partial charge is 0.322 e. The smallest absolute Gasteiger partial charge is 0.191 e. The molecule has 2 atom stereocenters. The van der Waals surface area contributed by atoms with Gasteiger partial charge in [0.1, 0.15) is 0 Å². The Morgan fingerprint density at radius 1 is 1.50 bits per heavy atom. The van der Waals surface area contributed by atoms with Gasteiger partial charge in [-0.05, 0) is 45.9 Å². The van der Waals surface area contributed by atoms with Crippen LogP contribution in [0, 0.1) is 0 Å². The van der Waals surface area contributed by atoms with E-state index in [0.717, 1.165) is 0 Å². The second-order valence-electron chi connectivity index (χ2n) is 1.83. The summed E-state index contributed by atoms with van der Waals surface area (Å²) in [4.78, 5) is 0. The van der Waals surface area contributed by atoms with Gasteiger partial charge in [-0.2, -0.15) is 13.5 Å². The molecule has 0 aromatic rings. The van der Waals surface area contributed by atoms with E-state index in [1.807, 2.05) is 5.16 Å². The van der Waals surface area contributed by atoms with Crippen LogP contribution in [0.15, 0.2) is 17.6 Å². The van der Waals surface area contributed by atoms with Gasteiger partial charge in [0.15, 0.2) is 0 Å². The topological polar surface area (TPSA) is 66.5 Å². The number of hydrogen-bond donors (Lipinski definition) is 0. The van der Waals surface area contributed by atoms with Crippen LogP contribution in [0.1, 0.15) is 0 Å². The number of halogens is 4. The molecule has 0 saturated heterocycles. The third-order valence-electron chi connectivity index (χ3n) is 0.793. The number of nitrogens with zero attached hydrogens (tertiary/aromatic N) is 4. The van der Waals surface area contributed by atoms with Crippen LogP contribution in [0.4, 0.5) is 3.89 Å². The number of isothiocyanates is 1. The van der Waals surface area contributed by atoms with E-state index in [0.29, 0.717) is 0 Å². The monoisotopic (exact) mass is 334 g/mol. The van der Waals surface area contributed by atoms with Crippen LogP contribution in [0.25, 0.3) is 0 Å². The fraction of sp³-hybridized carbons (Fsp3) is 0. The first-order valence-corrected chi connectivity index (χ1v) is 10.5. The van der Waals surface area contributed by atoms with Gasteiger partial charge in [0.05, 0.1) is 5.16 Å². The molecule has 0 aromatic carbocycles. The first-order chi connectivity index (χ1) is 6.18. The molecular weight excluding hydrogens is 335 g/mol. The minimum Gasteiger partial charge on any atom is -0.191 e. The van der Waals surface area contributed by atoms with Crippen LogP contribution in [-0.4, -0.2) is 9.37 Å². The van der Waals surface area contributed by atoms with Crippen LogP contribution in [-0.2, 0) is 10.3 Å². The molecule has 80 valence electrons. The molecule has 14 heavy (non-hydrogen) atoms. The predicted molar refractivity (Wildman–Crippen MR) is 63.0 cm³/mol. The fourth-order valence-electron chi connectivity index (χ4n) is 0.525. The van der Waals surface area contributed by atoms with Crippen LogP contribution >= 0.6 is 58.6 Å². The normalized spacial score (nSPS) is 39.7. The van der Waals surface area contributed by atoms with Gasteiger partial charge in [0, 0.05) is 0 Å². The summed E-state index contributed by atoms with van der Waals surface area (Å²) in [7, 11) is -4.39. The first-order valence-electron chi connectivity index (χ1n) is 2.62. The van der Waals surface area contributed by atoms with Crippen molar-refractivity contribution in [2.45, 2.75) is 0 Å². The van der Waals surface area contributed by atoms with E-state index in [9.17, 15) is 8.09 Å².